The van der Waals surface area contributed by atoms with Crippen molar-refractivity contribution >= 4 is 15.9 Å². The Balaban J connectivity index is 1.92. The van der Waals surface area contributed by atoms with E-state index in [1.807, 2.05) is 24.0 Å². The van der Waals surface area contributed by atoms with E-state index in [-0.39, 0.29) is 11.9 Å². The summed E-state index contributed by atoms with van der Waals surface area (Å²) in [6, 6.07) is 5.19. The highest BCUT2D eigenvalue weighted by Crippen LogP contribution is 2.27. The van der Waals surface area contributed by atoms with Crippen LogP contribution in [0.25, 0.3) is 0 Å². The number of methoxy groups -OCH3 is 2. The second-order valence-electron chi connectivity index (χ2n) is 6.63. The van der Waals surface area contributed by atoms with Gasteiger partial charge in [-0.25, -0.2) is 12.7 Å². The predicted octanol–water partition coefficient (Wildman–Crippen LogP) is 0.676. The molecule has 1 aromatic rings. The molecule has 0 unspecified atom stereocenters. The number of nitrogens with zero attached hydrogens (tertiary/aromatic N) is 2. The van der Waals surface area contributed by atoms with Gasteiger partial charge in [-0.2, -0.15) is 0 Å². The van der Waals surface area contributed by atoms with Gasteiger partial charge in [-0.15, -0.1) is 0 Å². The molecule has 1 N–H and O–H groups in total. The van der Waals surface area contributed by atoms with Crippen LogP contribution in [0.1, 0.15) is 18.9 Å². The van der Waals surface area contributed by atoms with Crippen LogP contribution in [-0.4, -0.2) is 76.2 Å². The van der Waals surface area contributed by atoms with E-state index >= 15 is 0 Å². The van der Waals surface area contributed by atoms with Crippen molar-refractivity contribution in [3.8, 4) is 11.5 Å². The molecular weight excluding hydrogens is 370 g/mol. The minimum atomic E-state index is -3.19. The molecule has 0 radical (unpaired) electrons. The van der Waals surface area contributed by atoms with Crippen molar-refractivity contribution in [2.45, 2.75) is 25.9 Å². The molecule has 0 spiro atoms. The van der Waals surface area contributed by atoms with Crippen molar-refractivity contribution in [1.29, 1.82) is 0 Å². The fourth-order valence-corrected chi connectivity index (χ4v) is 4.00. The van der Waals surface area contributed by atoms with Crippen LogP contribution >= 0.6 is 0 Å². The molecule has 0 saturated carbocycles. The first-order valence-electron chi connectivity index (χ1n) is 8.94. The van der Waals surface area contributed by atoms with E-state index in [1.54, 1.807) is 20.3 Å². The molecular formula is C18H29N3O5S. The topological polar surface area (TPSA) is 88.2 Å². The van der Waals surface area contributed by atoms with Gasteiger partial charge in [0.05, 0.1) is 26.5 Å². The quantitative estimate of drug-likeness (QED) is 0.725. The van der Waals surface area contributed by atoms with Gasteiger partial charge in [0.25, 0.3) is 0 Å². The van der Waals surface area contributed by atoms with Crippen LogP contribution in [0.3, 0.4) is 0 Å². The summed E-state index contributed by atoms with van der Waals surface area (Å²) in [7, 11) is -0.0459. The van der Waals surface area contributed by atoms with Crippen LogP contribution in [-0.2, 0) is 21.4 Å². The fraction of sp³-hybridized carbons (Fsp3) is 0.611. The van der Waals surface area contributed by atoms with Gasteiger partial charge in [0.1, 0.15) is 0 Å². The predicted molar refractivity (Wildman–Crippen MR) is 103 cm³/mol. The van der Waals surface area contributed by atoms with Gasteiger partial charge in [-0.1, -0.05) is 6.07 Å². The largest absolute Gasteiger partial charge is 0.493 e. The number of hydrogen-bond donors (Lipinski definition) is 1. The van der Waals surface area contributed by atoms with Crippen LogP contribution in [0.4, 0.5) is 0 Å². The van der Waals surface area contributed by atoms with Crippen molar-refractivity contribution < 1.29 is 22.7 Å². The Bertz CT molecular complexity index is 753. The van der Waals surface area contributed by atoms with Crippen LogP contribution in [0.2, 0.25) is 0 Å². The average molecular weight is 400 g/mol. The molecule has 1 aromatic carbocycles. The lowest BCUT2D eigenvalue weighted by molar-refractivity contribution is -0.126. The molecule has 1 aliphatic heterocycles. The molecule has 0 aliphatic carbocycles. The van der Waals surface area contributed by atoms with Crippen LogP contribution in [0, 0.1) is 0 Å². The van der Waals surface area contributed by atoms with Gasteiger partial charge < -0.3 is 14.8 Å². The summed E-state index contributed by atoms with van der Waals surface area (Å²) >= 11 is 0. The summed E-state index contributed by atoms with van der Waals surface area (Å²) in [5.74, 6) is 1.17. The number of amides is 1. The number of carbonyl (C=O) groups excluding carboxylic acids is 1. The maximum atomic E-state index is 12.5. The van der Waals surface area contributed by atoms with Gasteiger partial charge in [0.15, 0.2) is 11.5 Å². The molecule has 1 aliphatic rings. The number of sulfonamides is 1. The first-order chi connectivity index (χ1) is 12.8. The van der Waals surface area contributed by atoms with E-state index in [0.29, 0.717) is 50.6 Å². The second-order valence-corrected chi connectivity index (χ2v) is 8.62. The number of hydrogen-bond acceptors (Lipinski definition) is 6. The fourth-order valence-electron chi connectivity index (χ4n) is 3.13. The third-order valence-electron chi connectivity index (χ3n) is 4.80. The van der Waals surface area contributed by atoms with E-state index in [4.69, 9.17) is 9.47 Å². The Kier molecular flexibility index (Phi) is 7.46. The summed E-state index contributed by atoms with van der Waals surface area (Å²) in [4.78, 5) is 14.6. The van der Waals surface area contributed by atoms with E-state index in [0.717, 1.165) is 5.56 Å². The number of nitrogens with one attached hydrogen (secondary N) is 1. The number of ether oxygens (including phenoxy) is 2. The molecule has 8 nitrogen and oxygen atoms in total. The second kappa shape index (κ2) is 9.38. The van der Waals surface area contributed by atoms with Gasteiger partial charge in [0, 0.05) is 32.7 Å². The molecule has 1 fully saturated rings. The maximum absolute atomic E-state index is 12.5. The highest BCUT2D eigenvalue weighted by molar-refractivity contribution is 7.88. The summed E-state index contributed by atoms with van der Waals surface area (Å²) < 4.78 is 35.4. The first kappa shape index (κ1) is 21.5. The van der Waals surface area contributed by atoms with E-state index < -0.39 is 10.0 Å². The molecule has 27 heavy (non-hydrogen) atoms. The highest BCUT2D eigenvalue weighted by Gasteiger charge is 2.26. The zero-order valence-electron chi connectivity index (χ0n) is 16.4. The van der Waals surface area contributed by atoms with Gasteiger partial charge in [-0.3, -0.25) is 9.69 Å². The molecule has 2 rings (SSSR count). The Morgan fingerprint density at radius 2 is 1.85 bits per heavy atom. The molecule has 1 saturated heterocycles. The SMILES string of the molecule is COc1ccc(CNC(=O)[C@H](C)N2CCCN(S(C)(=O)=O)CC2)cc1OC. The van der Waals surface area contributed by atoms with Crippen LogP contribution < -0.4 is 14.8 Å². The molecule has 1 heterocycles. The summed E-state index contributed by atoms with van der Waals surface area (Å²) in [6.07, 6.45) is 1.93. The molecule has 9 heteroatoms. The Labute approximate surface area is 161 Å². The van der Waals surface area contributed by atoms with Gasteiger partial charge >= 0.3 is 0 Å². The Morgan fingerprint density at radius 3 is 2.48 bits per heavy atom. The molecule has 0 aromatic heterocycles. The normalized spacial score (nSPS) is 17.8. The number of benzene rings is 1. The minimum absolute atomic E-state index is 0.0856. The molecule has 1 amide bonds. The van der Waals surface area contributed by atoms with E-state index in [9.17, 15) is 13.2 Å². The summed E-state index contributed by atoms with van der Waals surface area (Å²) in [5, 5.41) is 2.94. The lowest BCUT2D eigenvalue weighted by atomic mass is 10.2. The Morgan fingerprint density at radius 1 is 1.15 bits per heavy atom. The average Bonchev–Trinajstić information content (AvgIpc) is 2.91. The Hall–Kier alpha value is -1.84. The van der Waals surface area contributed by atoms with Gasteiger partial charge in [0.2, 0.25) is 15.9 Å². The number of rotatable bonds is 7. The van der Waals surface area contributed by atoms with E-state index in [1.165, 1.54) is 10.6 Å². The number of carbonyl (C=O) groups is 1. The zero-order valence-corrected chi connectivity index (χ0v) is 17.2. The van der Waals surface area contributed by atoms with Crippen molar-refractivity contribution in [3.05, 3.63) is 23.8 Å². The first-order valence-corrected chi connectivity index (χ1v) is 10.8. The molecule has 0 bridgehead atoms. The van der Waals surface area contributed by atoms with Crippen molar-refractivity contribution in [1.82, 2.24) is 14.5 Å². The van der Waals surface area contributed by atoms with Crippen LogP contribution in [0.15, 0.2) is 18.2 Å². The molecule has 152 valence electrons. The van der Waals surface area contributed by atoms with Gasteiger partial charge in [-0.05, 0) is 31.0 Å². The van der Waals surface area contributed by atoms with Crippen molar-refractivity contribution in [2.75, 3.05) is 46.7 Å². The lowest BCUT2D eigenvalue weighted by Gasteiger charge is -2.26. The maximum Gasteiger partial charge on any atom is 0.237 e. The molecule has 1 atom stereocenters. The third-order valence-corrected chi connectivity index (χ3v) is 6.10. The van der Waals surface area contributed by atoms with E-state index in [2.05, 4.69) is 5.32 Å². The summed E-state index contributed by atoms with van der Waals surface area (Å²) in [6.45, 7) is 4.36. The smallest absolute Gasteiger partial charge is 0.237 e. The van der Waals surface area contributed by atoms with Crippen molar-refractivity contribution in [2.24, 2.45) is 0 Å². The zero-order chi connectivity index (χ0) is 20.0. The monoisotopic (exact) mass is 399 g/mol. The van der Waals surface area contributed by atoms with Crippen LogP contribution in [0.5, 0.6) is 11.5 Å². The minimum Gasteiger partial charge on any atom is -0.493 e. The lowest BCUT2D eigenvalue weighted by Crippen LogP contribution is -2.46. The third kappa shape index (κ3) is 5.82. The highest BCUT2D eigenvalue weighted by atomic mass is 32.2. The van der Waals surface area contributed by atoms with Crippen molar-refractivity contribution in [3.63, 3.8) is 0 Å². The standard InChI is InChI=1S/C18H29N3O5S/c1-14(20-8-5-9-21(11-10-20)27(4,23)24)18(22)19-13-15-6-7-16(25-2)17(12-15)26-3/h6-7,12,14H,5,8-11,13H2,1-4H3,(H,19,22)/t14-/m0/s1. The summed E-state index contributed by atoms with van der Waals surface area (Å²) in [5.41, 5.74) is 0.910.